The van der Waals surface area contributed by atoms with Crippen molar-refractivity contribution in [1.29, 1.82) is 0 Å². The molecule has 25 heavy (non-hydrogen) atoms. The summed E-state index contributed by atoms with van der Waals surface area (Å²) >= 11 is 0. The Labute approximate surface area is 149 Å². The minimum absolute atomic E-state index is 0.00501. The molecule has 0 spiro atoms. The molecule has 2 saturated heterocycles. The van der Waals surface area contributed by atoms with Crippen LogP contribution in [0.2, 0.25) is 0 Å². The number of quaternary nitrogens is 1. The number of imide groups is 1. The van der Waals surface area contributed by atoms with Crippen molar-refractivity contribution in [2.45, 2.75) is 44.9 Å². The molecule has 1 aromatic carbocycles. The van der Waals surface area contributed by atoms with Gasteiger partial charge in [-0.3, -0.25) is 14.5 Å². The fourth-order valence-electron chi connectivity index (χ4n) is 4.81. The van der Waals surface area contributed by atoms with Gasteiger partial charge in [0.2, 0.25) is 11.8 Å². The third-order valence-electron chi connectivity index (χ3n) is 6.03. The molecule has 1 aliphatic carbocycles. The molecule has 0 unspecified atom stereocenters. The average molecular weight is 339 g/mol. The van der Waals surface area contributed by atoms with Crippen molar-refractivity contribution >= 4 is 17.5 Å². The maximum atomic E-state index is 13.1. The number of amides is 2. The maximum Gasteiger partial charge on any atom is 0.238 e. The van der Waals surface area contributed by atoms with Gasteiger partial charge in [-0.15, -0.1) is 0 Å². The van der Waals surface area contributed by atoms with Crippen LogP contribution in [0.5, 0.6) is 0 Å². The Morgan fingerprint density at radius 3 is 2.44 bits per heavy atom. The Morgan fingerprint density at radius 2 is 1.68 bits per heavy atom. The van der Waals surface area contributed by atoms with Crippen LogP contribution in [0.25, 0.3) is 0 Å². The molecule has 4 nitrogen and oxygen atoms in total. The van der Waals surface area contributed by atoms with E-state index in [2.05, 4.69) is 6.08 Å². The van der Waals surface area contributed by atoms with Gasteiger partial charge in [-0.1, -0.05) is 18.2 Å². The smallest absolute Gasteiger partial charge is 0.238 e. The zero-order chi connectivity index (χ0) is 17.2. The lowest BCUT2D eigenvalue weighted by Crippen LogP contribution is -3.11. The number of para-hydroxylation sites is 1. The quantitative estimate of drug-likeness (QED) is 0.859. The molecule has 2 atom stereocenters. The van der Waals surface area contributed by atoms with Gasteiger partial charge in [0.1, 0.15) is 5.70 Å². The van der Waals surface area contributed by atoms with Crippen LogP contribution in [-0.2, 0) is 9.59 Å². The normalized spacial score (nSPS) is 28.3. The molecule has 2 aliphatic heterocycles. The van der Waals surface area contributed by atoms with Crippen LogP contribution < -0.4 is 9.80 Å². The van der Waals surface area contributed by atoms with E-state index < -0.39 is 0 Å². The number of nitrogens with one attached hydrogen (secondary N) is 1. The SMILES string of the molecule is O=C1C[C@@H]([C@@H]2CCCC=C2[NH+]2CCCCC2)C(=O)N1c1ccccc1. The van der Waals surface area contributed by atoms with Crippen molar-refractivity contribution in [2.75, 3.05) is 18.0 Å². The van der Waals surface area contributed by atoms with Crippen molar-refractivity contribution in [1.82, 2.24) is 0 Å². The van der Waals surface area contributed by atoms with Gasteiger partial charge in [0, 0.05) is 12.3 Å². The lowest BCUT2D eigenvalue weighted by Gasteiger charge is -2.34. The third-order valence-corrected chi connectivity index (χ3v) is 6.03. The van der Waals surface area contributed by atoms with Crippen LogP contribution >= 0.6 is 0 Å². The lowest BCUT2D eigenvalue weighted by molar-refractivity contribution is -0.870. The van der Waals surface area contributed by atoms with E-state index in [1.165, 1.54) is 42.9 Å². The van der Waals surface area contributed by atoms with Gasteiger partial charge in [-0.2, -0.15) is 0 Å². The van der Waals surface area contributed by atoms with Crippen LogP contribution in [0.15, 0.2) is 42.1 Å². The van der Waals surface area contributed by atoms with Gasteiger partial charge in [0.15, 0.2) is 0 Å². The van der Waals surface area contributed by atoms with Crippen molar-refractivity contribution < 1.29 is 14.5 Å². The zero-order valence-corrected chi connectivity index (χ0v) is 14.7. The van der Waals surface area contributed by atoms with Crippen molar-refractivity contribution in [3.05, 3.63) is 42.1 Å². The van der Waals surface area contributed by atoms with E-state index in [1.54, 1.807) is 4.90 Å². The summed E-state index contributed by atoms with van der Waals surface area (Å²) in [5.41, 5.74) is 2.14. The molecule has 0 saturated carbocycles. The number of anilines is 1. The van der Waals surface area contributed by atoms with Gasteiger partial charge in [-0.25, -0.2) is 0 Å². The Hall–Kier alpha value is -1.94. The van der Waals surface area contributed by atoms with Gasteiger partial charge in [0.25, 0.3) is 0 Å². The molecule has 1 N–H and O–H groups in total. The van der Waals surface area contributed by atoms with E-state index in [1.807, 2.05) is 30.3 Å². The number of piperidine rings is 1. The van der Waals surface area contributed by atoms with Crippen LogP contribution in [0, 0.1) is 11.8 Å². The molecule has 0 aromatic heterocycles. The number of benzene rings is 1. The highest BCUT2D eigenvalue weighted by molar-refractivity contribution is 6.21. The molecule has 2 amide bonds. The average Bonchev–Trinajstić information content (AvgIpc) is 2.97. The Balaban J connectivity index is 1.58. The third kappa shape index (κ3) is 3.15. The molecule has 2 fully saturated rings. The van der Waals surface area contributed by atoms with Crippen molar-refractivity contribution in [3.8, 4) is 0 Å². The molecule has 4 rings (SSSR count). The summed E-state index contributed by atoms with van der Waals surface area (Å²) in [5, 5.41) is 0. The number of carbonyl (C=O) groups is 2. The van der Waals surface area contributed by atoms with E-state index >= 15 is 0 Å². The largest absolute Gasteiger partial charge is 0.306 e. The van der Waals surface area contributed by atoms with Gasteiger partial charge in [0.05, 0.1) is 24.7 Å². The number of allylic oxidation sites excluding steroid dienone is 2. The topological polar surface area (TPSA) is 41.8 Å². The summed E-state index contributed by atoms with van der Waals surface area (Å²) in [6.07, 6.45) is 9.89. The molecule has 2 heterocycles. The molecule has 4 heteroatoms. The molecule has 1 aromatic rings. The Bertz CT molecular complexity index is 676. The number of hydrogen-bond donors (Lipinski definition) is 1. The first-order valence-electron chi connectivity index (χ1n) is 9.72. The van der Waals surface area contributed by atoms with E-state index in [0.717, 1.165) is 19.3 Å². The maximum absolute atomic E-state index is 13.1. The first-order valence-corrected chi connectivity index (χ1v) is 9.72. The minimum Gasteiger partial charge on any atom is -0.306 e. The summed E-state index contributed by atoms with van der Waals surface area (Å²) in [7, 11) is 0. The van der Waals surface area contributed by atoms with Crippen LogP contribution in [-0.4, -0.2) is 24.9 Å². The fourth-order valence-corrected chi connectivity index (χ4v) is 4.81. The van der Waals surface area contributed by atoms with E-state index in [4.69, 9.17) is 0 Å². The van der Waals surface area contributed by atoms with Crippen LogP contribution in [0.1, 0.15) is 44.9 Å². The first kappa shape index (κ1) is 16.5. The van der Waals surface area contributed by atoms with Gasteiger partial charge >= 0.3 is 0 Å². The highest BCUT2D eigenvalue weighted by Crippen LogP contribution is 2.37. The number of carbonyl (C=O) groups excluding carboxylic acids is 2. The van der Waals surface area contributed by atoms with Crippen molar-refractivity contribution in [3.63, 3.8) is 0 Å². The van der Waals surface area contributed by atoms with E-state index in [9.17, 15) is 9.59 Å². The number of nitrogens with zero attached hydrogens (tertiary/aromatic N) is 1. The minimum atomic E-state index is -0.173. The molecular weight excluding hydrogens is 312 g/mol. The van der Waals surface area contributed by atoms with Crippen LogP contribution in [0.4, 0.5) is 5.69 Å². The predicted octanol–water partition coefficient (Wildman–Crippen LogP) is 2.32. The second kappa shape index (κ2) is 7.12. The summed E-state index contributed by atoms with van der Waals surface area (Å²) in [6, 6.07) is 9.38. The zero-order valence-electron chi connectivity index (χ0n) is 14.7. The van der Waals surface area contributed by atoms with E-state index in [0.29, 0.717) is 12.1 Å². The molecule has 3 aliphatic rings. The first-order chi connectivity index (χ1) is 12.3. The number of hydrogen-bond acceptors (Lipinski definition) is 2. The van der Waals surface area contributed by atoms with E-state index in [-0.39, 0.29) is 23.7 Å². The summed E-state index contributed by atoms with van der Waals surface area (Å²) < 4.78 is 0. The van der Waals surface area contributed by atoms with Crippen molar-refractivity contribution in [2.24, 2.45) is 11.8 Å². The predicted molar refractivity (Wildman–Crippen MR) is 97.0 cm³/mol. The fraction of sp³-hybridized carbons (Fsp3) is 0.524. The highest BCUT2D eigenvalue weighted by atomic mass is 16.2. The lowest BCUT2D eigenvalue weighted by atomic mass is 9.80. The number of likely N-dealkylation sites (tertiary alicyclic amines) is 1. The molecule has 132 valence electrons. The highest BCUT2D eigenvalue weighted by Gasteiger charge is 2.47. The number of rotatable bonds is 3. The summed E-state index contributed by atoms with van der Waals surface area (Å²) in [5.74, 6) is 0.0332. The second-order valence-electron chi connectivity index (χ2n) is 7.57. The molecule has 0 bridgehead atoms. The Kier molecular flexibility index (Phi) is 4.71. The van der Waals surface area contributed by atoms with Gasteiger partial charge < -0.3 is 4.90 Å². The summed E-state index contributed by atoms with van der Waals surface area (Å²) in [4.78, 5) is 28.7. The standard InChI is InChI=1S/C21H26N2O2/c24-20-15-18(21(25)23(20)16-9-3-1-4-10-16)17-11-5-6-12-19(17)22-13-7-2-8-14-22/h1,3-4,9-10,12,17-18H,2,5-8,11,13-15H2/p+1/t17-,18-/m0/s1. The van der Waals surface area contributed by atoms with Gasteiger partial charge in [-0.05, 0) is 56.7 Å². The summed E-state index contributed by atoms with van der Waals surface area (Å²) in [6.45, 7) is 2.36. The molecular formula is C21H27N2O2+. The molecule has 0 radical (unpaired) electrons. The monoisotopic (exact) mass is 339 g/mol. The van der Waals surface area contributed by atoms with Crippen LogP contribution in [0.3, 0.4) is 0 Å². The Morgan fingerprint density at radius 1 is 0.920 bits per heavy atom. The second-order valence-corrected chi connectivity index (χ2v) is 7.57.